The Labute approximate surface area is 311 Å². The molecule has 1 aliphatic heterocycles. The van der Waals surface area contributed by atoms with Crippen molar-refractivity contribution in [2.24, 2.45) is 11.7 Å². The van der Waals surface area contributed by atoms with Gasteiger partial charge < -0.3 is 36.5 Å². The van der Waals surface area contributed by atoms with Crippen LogP contribution in [-0.4, -0.2) is 71.8 Å². The zero-order valence-corrected chi connectivity index (χ0v) is 29.6. The third-order valence-electron chi connectivity index (χ3n) is 7.99. The van der Waals surface area contributed by atoms with E-state index in [1.165, 1.54) is 36.4 Å². The van der Waals surface area contributed by atoms with Gasteiger partial charge in [0.05, 0.1) is 0 Å². The number of hydrogen-bond donors (Lipinski definition) is 5. The summed E-state index contributed by atoms with van der Waals surface area (Å²) in [6.07, 6.45) is 2.36. The monoisotopic (exact) mass is 782 g/mol. The van der Waals surface area contributed by atoms with E-state index in [1.807, 2.05) is 0 Å². The van der Waals surface area contributed by atoms with E-state index in [4.69, 9.17) is 10.5 Å². The Hall–Kier alpha value is -6.08. The molecule has 298 valence electrons. The van der Waals surface area contributed by atoms with Crippen molar-refractivity contribution in [3.8, 4) is 5.75 Å². The van der Waals surface area contributed by atoms with Gasteiger partial charge in [-0.15, -0.1) is 0 Å². The number of rotatable bonds is 19. The second-order valence-corrected chi connectivity index (χ2v) is 12.5. The van der Waals surface area contributed by atoms with Crippen LogP contribution in [0.4, 0.5) is 37.2 Å². The predicted molar refractivity (Wildman–Crippen MR) is 182 cm³/mol. The largest absolute Gasteiger partial charge is 0.514 e. The standard InChI is InChI=1S/C35H39F5N6O9/c1-18(2)30(45-22(47)8-4-3-5-16-46-23(48)13-14-24(46)49)33(51)44-21(7-6-15-42-34(41)52)32(50)43-20-11-9-19(10-12-20)17-54-35(53)55-31-28(39)26(37)25(36)27(38)29(31)40/h9-14,18,21,30H,3-8,15-17H2,1-2H3,(H,43,50)(H,44,51)(H,45,47)(H3,41,42,52)/t21-,30-/m0/s1. The molecular formula is C35H39F5N6O9. The van der Waals surface area contributed by atoms with Crippen LogP contribution in [-0.2, 0) is 35.3 Å². The number of imide groups is 1. The van der Waals surface area contributed by atoms with Crippen molar-refractivity contribution in [3.05, 3.63) is 71.1 Å². The minimum absolute atomic E-state index is 0.0330. The average molecular weight is 783 g/mol. The van der Waals surface area contributed by atoms with Crippen LogP contribution in [0.25, 0.3) is 0 Å². The first-order valence-corrected chi connectivity index (χ1v) is 16.9. The number of nitrogens with zero attached hydrogens (tertiary/aromatic N) is 1. The molecule has 0 saturated heterocycles. The Balaban J connectivity index is 1.56. The highest BCUT2D eigenvalue weighted by atomic mass is 19.2. The molecule has 0 aliphatic carbocycles. The average Bonchev–Trinajstić information content (AvgIpc) is 3.46. The van der Waals surface area contributed by atoms with Crippen LogP contribution in [0.3, 0.4) is 0 Å². The summed E-state index contributed by atoms with van der Waals surface area (Å²) in [6.45, 7) is 3.11. The van der Waals surface area contributed by atoms with Gasteiger partial charge in [0.25, 0.3) is 11.8 Å². The topological polar surface area (TPSA) is 215 Å². The van der Waals surface area contributed by atoms with E-state index in [2.05, 4.69) is 26.0 Å². The first-order valence-electron chi connectivity index (χ1n) is 16.9. The molecule has 0 fully saturated rings. The first-order chi connectivity index (χ1) is 26.0. The first kappa shape index (κ1) is 43.3. The van der Waals surface area contributed by atoms with Crippen LogP contribution in [0.15, 0.2) is 36.4 Å². The second kappa shape index (κ2) is 20.4. The molecule has 7 amide bonds. The molecule has 0 radical (unpaired) electrons. The SMILES string of the molecule is CC(C)[C@H](NC(=O)CCCCCN1C(=O)C=CC1=O)C(=O)N[C@@H](CCCNC(N)=O)C(=O)Nc1ccc(COC(=O)Oc2c(F)c(F)c(F)c(F)c2F)cc1. The van der Waals surface area contributed by atoms with Crippen molar-refractivity contribution in [1.29, 1.82) is 0 Å². The Bertz CT molecular complexity index is 1760. The van der Waals surface area contributed by atoms with Crippen molar-refractivity contribution in [2.75, 3.05) is 18.4 Å². The third kappa shape index (κ3) is 12.8. The fourth-order valence-electron chi connectivity index (χ4n) is 5.06. The van der Waals surface area contributed by atoms with Gasteiger partial charge in [0.2, 0.25) is 52.6 Å². The quantitative estimate of drug-likeness (QED) is 0.0267. The number of anilines is 1. The van der Waals surface area contributed by atoms with Gasteiger partial charge in [0.15, 0.2) is 0 Å². The Morgan fingerprint density at radius 3 is 1.96 bits per heavy atom. The molecule has 0 bridgehead atoms. The van der Waals surface area contributed by atoms with E-state index >= 15 is 0 Å². The number of amides is 7. The maximum absolute atomic E-state index is 13.8. The lowest BCUT2D eigenvalue weighted by molar-refractivity contribution is -0.137. The minimum atomic E-state index is -2.44. The fraction of sp³-hybridized carbons (Fsp3) is 0.400. The molecular weight excluding hydrogens is 743 g/mol. The summed E-state index contributed by atoms with van der Waals surface area (Å²) in [5, 5.41) is 10.3. The normalized spacial score (nSPS) is 13.3. The summed E-state index contributed by atoms with van der Waals surface area (Å²) in [4.78, 5) is 86.9. The lowest BCUT2D eigenvalue weighted by atomic mass is 10.0. The molecule has 3 rings (SSSR count). The number of hydrogen-bond acceptors (Lipinski definition) is 9. The van der Waals surface area contributed by atoms with Crippen molar-refractivity contribution < 1.29 is 65.0 Å². The highest BCUT2D eigenvalue weighted by Crippen LogP contribution is 2.29. The number of urea groups is 1. The molecule has 20 heteroatoms. The van der Waals surface area contributed by atoms with E-state index < -0.39 is 101 Å². The van der Waals surface area contributed by atoms with Gasteiger partial charge in [-0.3, -0.25) is 28.9 Å². The number of ether oxygens (including phenoxy) is 2. The van der Waals surface area contributed by atoms with Gasteiger partial charge in [-0.05, 0) is 49.3 Å². The highest BCUT2D eigenvalue weighted by molar-refractivity contribution is 6.12. The molecule has 2 aromatic carbocycles. The molecule has 2 atom stereocenters. The number of benzene rings is 2. The van der Waals surface area contributed by atoms with E-state index in [0.29, 0.717) is 19.3 Å². The van der Waals surface area contributed by atoms with Crippen LogP contribution in [0.2, 0.25) is 0 Å². The molecule has 0 unspecified atom stereocenters. The Morgan fingerprint density at radius 2 is 1.38 bits per heavy atom. The Kier molecular flexibility index (Phi) is 16.1. The molecule has 15 nitrogen and oxygen atoms in total. The fourth-order valence-corrected chi connectivity index (χ4v) is 5.06. The van der Waals surface area contributed by atoms with E-state index in [1.54, 1.807) is 13.8 Å². The van der Waals surface area contributed by atoms with Gasteiger partial charge in [-0.1, -0.05) is 32.4 Å². The van der Waals surface area contributed by atoms with E-state index in [0.717, 1.165) is 4.90 Å². The zero-order chi connectivity index (χ0) is 40.8. The summed E-state index contributed by atoms with van der Waals surface area (Å²) in [6, 6.07) is 2.47. The van der Waals surface area contributed by atoms with Gasteiger partial charge in [0.1, 0.15) is 18.7 Å². The van der Waals surface area contributed by atoms with E-state index in [9.17, 15) is 55.5 Å². The molecule has 6 N–H and O–H groups in total. The number of halogens is 5. The minimum Gasteiger partial charge on any atom is -0.429 e. The Morgan fingerprint density at radius 1 is 0.782 bits per heavy atom. The maximum Gasteiger partial charge on any atom is 0.514 e. The summed E-state index contributed by atoms with van der Waals surface area (Å²) in [7, 11) is 0. The van der Waals surface area contributed by atoms with Crippen molar-refractivity contribution in [2.45, 2.75) is 71.1 Å². The number of primary amides is 1. The summed E-state index contributed by atoms with van der Waals surface area (Å²) < 4.78 is 76.4. The second-order valence-electron chi connectivity index (χ2n) is 12.5. The molecule has 2 aromatic rings. The van der Waals surface area contributed by atoms with Crippen LogP contribution < -0.4 is 31.7 Å². The van der Waals surface area contributed by atoms with Crippen molar-refractivity contribution in [1.82, 2.24) is 20.9 Å². The van der Waals surface area contributed by atoms with Crippen LogP contribution in [0.5, 0.6) is 5.75 Å². The number of nitrogens with one attached hydrogen (secondary N) is 4. The van der Waals surface area contributed by atoms with Gasteiger partial charge in [-0.2, -0.15) is 8.78 Å². The molecule has 55 heavy (non-hydrogen) atoms. The maximum atomic E-state index is 13.8. The van der Waals surface area contributed by atoms with Gasteiger partial charge in [0, 0.05) is 37.3 Å². The molecule has 1 aliphatic rings. The molecule has 0 aromatic heterocycles. The summed E-state index contributed by atoms with van der Waals surface area (Å²) in [5.74, 6) is -16.6. The highest BCUT2D eigenvalue weighted by Gasteiger charge is 2.30. The van der Waals surface area contributed by atoms with E-state index in [-0.39, 0.29) is 43.6 Å². The number of carbonyl (C=O) groups is 7. The smallest absolute Gasteiger partial charge is 0.429 e. The van der Waals surface area contributed by atoms with Crippen LogP contribution >= 0.6 is 0 Å². The summed E-state index contributed by atoms with van der Waals surface area (Å²) >= 11 is 0. The number of nitrogens with two attached hydrogens (primary N) is 1. The van der Waals surface area contributed by atoms with Crippen molar-refractivity contribution in [3.63, 3.8) is 0 Å². The van der Waals surface area contributed by atoms with Crippen molar-refractivity contribution >= 4 is 47.4 Å². The summed E-state index contributed by atoms with van der Waals surface area (Å²) in [5.41, 5.74) is 5.55. The lowest BCUT2D eigenvalue weighted by Gasteiger charge is -2.25. The molecule has 0 spiro atoms. The van der Waals surface area contributed by atoms with Gasteiger partial charge >= 0.3 is 12.2 Å². The number of unbranched alkanes of at least 4 members (excludes halogenated alkanes) is 2. The van der Waals surface area contributed by atoms with Crippen LogP contribution in [0, 0.1) is 35.0 Å². The van der Waals surface area contributed by atoms with Crippen LogP contribution in [0.1, 0.15) is 57.9 Å². The lowest BCUT2D eigenvalue weighted by Crippen LogP contribution is -2.54. The third-order valence-corrected chi connectivity index (χ3v) is 7.99. The molecule has 1 heterocycles. The van der Waals surface area contributed by atoms with Gasteiger partial charge in [-0.25, -0.2) is 22.8 Å². The zero-order valence-electron chi connectivity index (χ0n) is 29.6. The predicted octanol–water partition coefficient (Wildman–Crippen LogP) is 3.60. The molecule has 0 saturated carbocycles. The number of carbonyl (C=O) groups excluding carboxylic acids is 7.